The quantitative estimate of drug-likeness (QED) is 0.0450. The van der Waals surface area contributed by atoms with Crippen LogP contribution in [-0.4, -0.2) is 12.6 Å². The minimum absolute atomic E-state index is 0.0363. The van der Waals surface area contributed by atoms with E-state index >= 15 is 0 Å². The molecule has 0 amide bonds. The van der Waals surface area contributed by atoms with E-state index in [1.807, 2.05) is 0 Å². The van der Waals surface area contributed by atoms with Crippen molar-refractivity contribution >= 4 is 5.97 Å². The number of unbranched alkanes of at least 4 members (excludes halogenated alkanes) is 53. The molecule has 0 spiro atoms. The van der Waals surface area contributed by atoms with E-state index in [4.69, 9.17) is 4.74 Å². The van der Waals surface area contributed by atoms with Gasteiger partial charge < -0.3 is 4.74 Å². The van der Waals surface area contributed by atoms with Gasteiger partial charge in [0.1, 0.15) is 0 Å². The van der Waals surface area contributed by atoms with Crippen LogP contribution in [0.3, 0.4) is 0 Å². The summed E-state index contributed by atoms with van der Waals surface area (Å²) < 4.78 is 5.52. The van der Waals surface area contributed by atoms with Gasteiger partial charge in [0, 0.05) is 6.42 Å². The molecule has 0 N–H and O–H groups in total. The summed E-state index contributed by atoms with van der Waals surface area (Å²) in [6, 6.07) is 0. The lowest BCUT2D eigenvalue weighted by Crippen LogP contribution is -2.05. The van der Waals surface area contributed by atoms with Crippen molar-refractivity contribution in [1.29, 1.82) is 0 Å². The fourth-order valence-corrected chi connectivity index (χ4v) is 9.79. The van der Waals surface area contributed by atoms with Gasteiger partial charge in [-0.15, -0.1) is 0 Å². The van der Waals surface area contributed by atoms with Crippen molar-refractivity contribution < 1.29 is 9.53 Å². The molecule has 0 bridgehead atoms. The Hall–Kier alpha value is -0.530. The van der Waals surface area contributed by atoms with Crippen LogP contribution in [0.25, 0.3) is 0 Å². The Morgan fingerprint density at radius 1 is 0.210 bits per heavy atom. The molecule has 0 aliphatic rings. The van der Waals surface area contributed by atoms with Crippen molar-refractivity contribution in [2.45, 2.75) is 373 Å². The van der Waals surface area contributed by atoms with Crippen LogP contribution in [-0.2, 0) is 9.53 Å². The number of carbonyl (C=O) groups excluding carboxylic acids is 1. The van der Waals surface area contributed by atoms with Gasteiger partial charge in [-0.3, -0.25) is 4.79 Å². The SMILES string of the molecule is CCCCCCCCCCCCCCCCCCCCCCCCCCCCCCCCCCCC(=O)OCCCCCCCCCCCCCCCCCCCCCCCC. The summed E-state index contributed by atoms with van der Waals surface area (Å²) in [6.45, 7) is 5.25. The van der Waals surface area contributed by atoms with E-state index in [1.165, 1.54) is 340 Å². The zero-order valence-electron chi connectivity index (χ0n) is 43.6. The monoisotopic (exact) mass is 873 g/mol. The Labute approximate surface area is 394 Å². The van der Waals surface area contributed by atoms with Gasteiger partial charge in [0.25, 0.3) is 0 Å². The second kappa shape index (κ2) is 58.5. The van der Waals surface area contributed by atoms with Gasteiger partial charge in [-0.1, -0.05) is 354 Å². The standard InChI is InChI=1S/C60H120O2/c1-3-5-7-9-11-13-15-17-19-21-23-25-27-28-29-30-31-32-33-34-35-36-37-38-40-42-44-46-48-50-52-54-56-58-60(61)62-59-57-55-53-51-49-47-45-43-41-39-26-24-22-20-18-16-14-12-10-8-6-4-2/h3-59H2,1-2H3. The summed E-state index contributed by atoms with van der Waals surface area (Å²) in [4.78, 5) is 12.1. The van der Waals surface area contributed by atoms with Crippen molar-refractivity contribution in [1.82, 2.24) is 0 Å². The first-order chi connectivity index (χ1) is 30.8. The van der Waals surface area contributed by atoms with E-state index in [1.54, 1.807) is 0 Å². The molecule has 372 valence electrons. The van der Waals surface area contributed by atoms with Crippen molar-refractivity contribution in [3.63, 3.8) is 0 Å². The Kier molecular flexibility index (Phi) is 58.0. The van der Waals surface area contributed by atoms with Crippen LogP contribution in [0.2, 0.25) is 0 Å². The molecule has 62 heavy (non-hydrogen) atoms. The van der Waals surface area contributed by atoms with Crippen molar-refractivity contribution in [3.05, 3.63) is 0 Å². The first-order valence-corrected chi connectivity index (χ1v) is 30.0. The zero-order chi connectivity index (χ0) is 44.6. The van der Waals surface area contributed by atoms with E-state index in [-0.39, 0.29) is 5.97 Å². The fourth-order valence-electron chi connectivity index (χ4n) is 9.79. The molecule has 0 saturated heterocycles. The molecule has 0 fully saturated rings. The molecule has 0 saturated carbocycles. The highest BCUT2D eigenvalue weighted by molar-refractivity contribution is 5.69. The molecule has 0 aromatic rings. The average Bonchev–Trinajstić information content (AvgIpc) is 3.28. The van der Waals surface area contributed by atoms with E-state index < -0.39 is 0 Å². The maximum atomic E-state index is 12.1. The summed E-state index contributed by atoms with van der Waals surface area (Å²) in [5, 5.41) is 0. The summed E-state index contributed by atoms with van der Waals surface area (Å²) in [6.07, 6.45) is 78.8. The van der Waals surface area contributed by atoms with Crippen LogP contribution in [0, 0.1) is 0 Å². The third kappa shape index (κ3) is 57.5. The molecule has 0 aromatic carbocycles. The Balaban J connectivity index is 3.14. The van der Waals surface area contributed by atoms with Crippen LogP contribution in [0.15, 0.2) is 0 Å². The minimum atomic E-state index is 0.0363. The van der Waals surface area contributed by atoms with Gasteiger partial charge >= 0.3 is 5.97 Å². The van der Waals surface area contributed by atoms with Crippen LogP contribution in [0.4, 0.5) is 0 Å². The fraction of sp³-hybridized carbons (Fsp3) is 0.983. The molecule has 2 nitrogen and oxygen atoms in total. The number of ether oxygens (including phenoxy) is 1. The third-order valence-corrected chi connectivity index (χ3v) is 14.2. The summed E-state index contributed by atoms with van der Waals surface area (Å²) >= 11 is 0. The Morgan fingerprint density at radius 2 is 0.355 bits per heavy atom. The number of hydrogen-bond donors (Lipinski definition) is 0. The van der Waals surface area contributed by atoms with Gasteiger partial charge in [0.2, 0.25) is 0 Å². The molecule has 0 radical (unpaired) electrons. The Bertz CT molecular complexity index is 777. The molecule has 0 atom stereocenters. The van der Waals surface area contributed by atoms with Gasteiger partial charge in [0.15, 0.2) is 0 Å². The molecule has 0 aromatic heterocycles. The van der Waals surface area contributed by atoms with Crippen molar-refractivity contribution in [2.24, 2.45) is 0 Å². The van der Waals surface area contributed by atoms with E-state index in [9.17, 15) is 4.79 Å². The highest BCUT2D eigenvalue weighted by Gasteiger charge is 2.03. The predicted molar refractivity (Wildman–Crippen MR) is 281 cm³/mol. The lowest BCUT2D eigenvalue weighted by atomic mass is 10.0. The average molecular weight is 874 g/mol. The van der Waals surface area contributed by atoms with Gasteiger partial charge in [-0.25, -0.2) is 0 Å². The molecule has 2 heteroatoms. The largest absolute Gasteiger partial charge is 0.466 e. The molecule has 0 heterocycles. The second-order valence-corrected chi connectivity index (χ2v) is 20.7. The highest BCUT2D eigenvalue weighted by Crippen LogP contribution is 2.19. The normalized spacial score (nSPS) is 11.6. The lowest BCUT2D eigenvalue weighted by molar-refractivity contribution is -0.143. The third-order valence-electron chi connectivity index (χ3n) is 14.2. The highest BCUT2D eigenvalue weighted by atomic mass is 16.5. The van der Waals surface area contributed by atoms with Gasteiger partial charge in [-0.2, -0.15) is 0 Å². The molecule has 0 aliphatic heterocycles. The van der Waals surface area contributed by atoms with Crippen molar-refractivity contribution in [3.8, 4) is 0 Å². The molecule has 0 aliphatic carbocycles. The smallest absolute Gasteiger partial charge is 0.305 e. The first kappa shape index (κ1) is 61.5. The maximum absolute atomic E-state index is 12.1. The van der Waals surface area contributed by atoms with Crippen molar-refractivity contribution in [2.75, 3.05) is 6.61 Å². The van der Waals surface area contributed by atoms with E-state index in [2.05, 4.69) is 13.8 Å². The first-order valence-electron chi connectivity index (χ1n) is 30.0. The van der Waals surface area contributed by atoms with Crippen LogP contribution >= 0.6 is 0 Å². The minimum Gasteiger partial charge on any atom is -0.466 e. The topological polar surface area (TPSA) is 26.3 Å². The van der Waals surface area contributed by atoms with E-state index in [0.29, 0.717) is 13.0 Å². The number of hydrogen-bond acceptors (Lipinski definition) is 2. The number of esters is 1. The second-order valence-electron chi connectivity index (χ2n) is 20.7. The molecule has 0 rings (SSSR count). The van der Waals surface area contributed by atoms with Crippen LogP contribution in [0.1, 0.15) is 373 Å². The lowest BCUT2D eigenvalue weighted by Gasteiger charge is -2.06. The summed E-state index contributed by atoms with van der Waals surface area (Å²) in [5.74, 6) is 0.0363. The predicted octanol–water partition coefficient (Wildman–Crippen LogP) is 22.4. The van der Waals surface area contributed by atoms with Gasteiger partial charge in [-0.05, 0) is 12.8 Å². The maximum Gasteiger partial charge on any atom is 0.305 e. The number of carbonyl (C=O) groups is 1. The zero-order valence-corrected chi connectivity index (χ0v) is 43.6. The summed E-state index contributed by atoms with van der Waals surface area (Å²) in [5.41, 5.74) is 0. The molecular formula is C60H120O2. The van der Waals surface area contributed by atoms with Crippen LogP contribution < -0.4 is 0 Å². The number of rotatable bonds is 57. The molecule has 0 unspecified atom stereocenters. The van der Waals surface area contributed by atoms with Crippen LogP contribution in [0.5, 0.6) is 0 Å². The molecular weight excluding hydrogens is 753 g/mol. The van der Waals surface area contributed by atoms with Gasteiger partial charge in [0.05, 0.1) is 6.61 Å². The summed E-state index contributed by atoms with van der Waals surface area (Å²) in [7, 11) is 0. The Morgan fingerprint density at radius 3 is 0.532 bits per heavy atom. The van der Waals surface area contributed by atoms with E-state index in [0.717, 1.165) is 12.8 Å².